The Morgan fingerprint density at radius 1 is 1.11 bits per heavy atom. The number of sulfonamides is 1. The molecule has 38 heavy (non-hydrogen) atoms. The van der Waals surface area contributed by atoms with Crippen LogP contribution in [0.25, 0.3) is 0 Å². The lowest BCUT2D eigenvalue weighted by Crippen LogP contribution is -2.52. The Morgan fingerprint density at radius 3 is 2.21 bits per heavy atom. The zero-order valence-electron chi connectivity index (χ0n) is 21.7. The number of halogens is 4. The second kappa shape index (κ2) is 12.7. The molecule has 0 saturated carbocycles. The van der Waals surface area contributed by atoms with Crippen LogP contribution in [0.4, 0.5) is 18.9 Å². The molecular formula is C25H31ClF3N3O5S. The number of rotatable bonds is 11. The van der Waals surface area contributed by atoms with E-state index in [4.69, 9.17) is 16.3 Å². The van der Waals surface area contributed by atoms with Gasteiger partial charge in [0.2, 0.25) is 21.8 Å². The summed E-state index contributed by atoms with van der Waals surface area (Å²) in [5.74, 6) is -0.680. The van der Waals surface area contributed by atoms with Gasteiger partial charge in [0.25, 0.3) is 0 Å². The number of anilines is 1. The van der Waals surface area contributed by atoms with Crippen LogP contribution in [0.15, 0.2) is 42.5 Å². The van der Waals surface area contributed by atoms with Crippen molar-refractivity contribution in [2.75, 3.05) is 24.2 Å². The van der Waals surface area contributed by atoms with Gasteiger partial charge < -0.3 is 15.0 Å². The Labute approximate surface area is 225 Å². The van der Waals surface area contributed by atoms with Gasteiger partial charge in [-0.15, -0.1) is 0 Å². The third-order valence-corrected chi connectivity index (χ3v) is 7.37. The normalized spacial score (nSPS) is 13.4. The first-order valence-electron chi connectivity index (χ1n) is 11.7. The molecule has 0 aliphatic rings. The van der Waals surface area contributed by atoms with Crippen molar-refractivity contribution in [1.29, 1.82) is 0 Å². The lowest BCUT2D eigenvalue weighted by atomic mass is 10.1. The highest BCUT2D eigenvalue weighted by atomic mass is 35.5. The first-order chi connectivity index (χ1) is 17.6. The Kier molecular flexibility index (Phi) is 10.4. The van der Waals surface area contributed by atoms with Crippen LogP contribution in [-0.2, 0) is 32.3 Å². The number of amides is 2. The van der Waals surface area contributed by atoms with Crippen LogP contribution in [0.1, 0.15) is 38.3 Å². The van der Waals surface area contributed by atoms with Crippen LogP contribution in [0.5, 0.6) is 5.75 Å². The molecule has 0 spiro atoms. The number of hydrogen-bond donors (Lipinski definition) is 1. The van der Waals surface area contributed by atoms with Crippen LogP contribution in [0, 0.1) is 0 Å². The van der Waals surface area contributed by atoms with E-state index < -0.39 is 56.9 Å². The maximum Gasteiger partial charge on any atom is 0.417 e. The number of methoxy groups -OCH3 is 1. The summed E-state index contributed by atoms with van der Waals surface area (Å²) in [6, 6.07) is 8.07. The molecule has 0 fully saturated rings. The van der Waals surface area contributed by atoms with Gasteiger partial charge >= 0.3 is 6.18 Å². The molecule has 0 unspecified atom stereocenters. The van der Waals surface area contributed by atoms with Gasteiger partial charge in [-0.3, -0.25) is 13.9 Å². The third-order valence-electron chi connectivity index (χ3n) is 5.90. The molecule has 0 aromatic heterocycles. The summed E-state index contributed by atoms with van der Waals surface area (Å²) in [4.78, 5) is 27.6. The van der Waals surface area contributed by atoms with Gasteiger partial charge in [0.1, 0.15) is 18.3 Å². The van der Waals surface area contributed by atoms with Crippen molar-refractivity contribution >= 4 is 39.1 Å². The second-order valence-corrected chi connectivity index (χ2v) is 11.1. The predicted octanol–water partition coefficient (Wildman–Crippen LogP) is 4.47. The minimum Gasteiger partial charge on any atom is -0.497 e. The first-order valence-corrected chi connectivity index (χ1v) is 13.9. The highest BCUT2D eigenvalue weighted by molar-refractivity contribution is 7.92. The monoisotopic (exact) mass is 577 g/mol. The molecule has 13 heteroatoms. The minimum atomic E-state index is -4.84. The predicted molar refractivity (Wildman–Crippen MR) is 140 cm³/mol. The van der Waals surface area contributed by atoms with Crippen LogP contribution in [0.2, 0.25) is 5.02 Å². The molecular weight excluding hydrogens is 547 g/mol. The molecule has 2 atom stereocenters. The summed E-state index contributed by atoms with van der Waals surface area (Å²) in [7, 11) is -2.72. The van der Waals surface area contributed by atoms with Gasteiger partial charge in [-0.1, -0.05) is 30.7 Å². The molecule has 0 aliphatic heterocycles. The topological polar surface area (TPSA) is 96.0 Å². The van der Waals surface area contributed by atoms with Crippen molar-refractivity contribution in [2.24, 2.45) is 0 Å². The number of benzene rings is 2. The highest BCUT2D eigenvalue weighted by Crippen LogP contribution is 2.37. The van der Waals surface area contributed by atoms with E-state index in [2.05, 4.69) is 5.32 Å². The van der Waals surface area contributed by atoms with E-state index in [9.17, 15) is 31.2 Å². The Bertz CT molecular complexity index is 1240. The van der Waals surface area contributed by atoms with Gasteiger partial charge in [-0.2, -0.15) is 13.2 Å². The maximum atomic E-state index is 13.5. The fourth-order valence-electron chi connectivity index (χ4n) is 3.48. The van der Waals surface area contributed by atoms with Gasteiger partial charge in [-0.25, -0.2) is 8.42 Å². The molecule has 8 nitrogen and oxygen atoms in total. The fourth-order valence-corrected chi connectivity index (χ4v) is 4.54. The first kappa shape index (κ1) is 31.2. The van der Waals surface area contributed by atoms with Crippen LogP contribution >= 0.6 is 11.6 Å². The van der Waals surface area contributed by atoms with Gasteiger partial charge in [-0.05, 0) is 56.2 Å². The van der Waals surface area contributed by atoms with E-state index in [1.807, 2.05) is 6.92 Å². The van der Waals surface area contributed by atoms with Crippen molar-refractivity contribution in [3.8, 4) is 5.75 Å². The van der Waals surface area contributed by atoms with Crippen molar-refractivity contribution < 1.29 is 35.9 Å². The number of carbonyl (C=O) groups excluding carboxylic acids is 2. The van der Waals surface area contributed by atoms with Crippen LogP contribution < -0.4 is 14.4 Å². The van der Waals surface area contributed by atoms with E-state index in [1.54, 1.807) is 31.2 Å². The maximum absolute atomic E-state index is 13.5. The second-order valence-electron chi connectivity index (χ2n) is 8.80. The standard InChI is InChI=1S/C25H31ClF3N3O5S/c1-6-16(2)30-24(34)17(3)31(14-18-7-10-20(37-4)11-8-18)23(33)15-32(38(5,35)36)19-9-12-22(26)21(13-19)25(27,28)29/h7-13,16-17H,6,14-15H2,1-5H3,(H,30,34)/t16-,17-/m1/s1. The van der Waals surface area contributed by atoms with E-state index in [0.29, 0.717) is 28.1 Å². The number of nitrogens with one attached hydrogen (secondary N) is 1. The molecule has 0 aliphatic carbocycles. The van der Waals surface area contributed by atoms with Crippen molar-refractivity contribution in [1.82, 2.24) is 10.2 Å². The zero-order chi connectivity index (χ0) is 28.8. The summed E-state index contributed by atoms with van der Waals surface area (Å²) >= 11 is 5.68. The average molecular weight is 578 g/mol. The SMILES string of the molecule is CC[C@@H](C)NC(=O)[C@@H](C)N(Cc1ccc(OC)cc1)C(=O)CN(c1ccc(Cl)c(C(F)(F)F)c1)S(C)(=O)=O. The Hall–Kier alpha value is -2.99. The van der Waals surface area contributed by atoms with Crippen molar-refractivity contribution in [3.05, 3.63) is 58.6 Å². The quantitative estimate of drug-likeness (QED) is 0.425. The number of alkyl halides is 3. The van der Waals surface area contributed by atoms with Crippen LogP contribution in [-0.4, -0.2) is 57.1 Å². The largest absolute Gasteiger partial charge is 0.497 e. The smallest absolute Gasteiger partial charge is 0.417 e. The summed E-state index contributed by atoms with van der Waals surface area (Å²) in [5, 5.41) is 2.18. The number of carbonyl (C=O) groups is 2. The number of hydrogen-bond acceptors (Lipinski definition) is 5. The van der Waals surface area contributed by atoms with E-state index in [1.165, 1.54) is 18.9 Å². The highest BCUT2D eigenvalue weighted by Gasteiger charge is 2.35. The molecule has 2 rings (SSSR count). The summed E-state index contributed by atoms with van der Waals surface area (Å²) in [6.07, 6.45) is -3.43. The van der Waals surface area contributed by atoms with E-state index in [-0.39, 0.29) is 12.6 Å². The fraction of sp³-hybridized carbons (Fsp3) is 0.440. The van der Waals surface area contributed by atoms with Gasteiger partial charge in [0, 0.05) is 12.6 Å². The molecule has 0 heterocycles. The zero-order valence-corrected chi connectivity index (χ0v) is 23.2. The number of nitrogens with zero attached hydrogens (tertiary/aromatic N) is 2. The molecule has 2 aromatic rings. The molecule has 0 bridgehead atoms. The molecule has 0 radical (unpaired) electrons. The molecule has 2 aromatic carbocycles. The Morgan fingerprint density at radius 2 is 1.71 bits per heavy atom. The summed E-state index contributed by atoms with van der Waals surface area (Å²) < 4.78 is 71.2. The average Bonchev–Trinajstić information content (AvgIpc) is 2.84. The third kappa shape index (κ3) is 8.26. The minimum absolute atomic E-state index is 0.0655. The molecule has 2 amide bonds. The molecule has 210 valence electrons. The van der Waals surface area contributed by atoms with Crippen molar-refractivity contribution in [2.45, 2.75) is 52.0 Å². The number of ether oxygens (including phenoxy) is 1. The molecule has 0 saturated heterocycles. The Balaban J connectivity index is 2.47. The van der Waals surface area contributed by atoms with Crippen molar-refractivity contribution in [3.63, 3.8) is 0 Å². The summed E-state index contributed by atoms with van der Waals surface area (Å²) in [5.41, 5.74) is -1.01. The van der Waals surface area contributed by atoms with Gasteiger partial charge in [0.15, 0.2) is 0 Å². The van der Waals surface area contributed by atoms with E-state index in [0.717, 1.165) is 18.4 Å². The van der Waals surface area contributed by atoms with E-state index >= 15 is 0 Å². The molecule has 1 N–H and O–H groups in total. The van der Waals surface area contributed by atoms with Crippen LogP contribution in [0.3, 0.4) is 0 Å². The summed E-state index contributed by atoms with van der Waals surface area (Å²) in [6.45, 7) is 4.26. The lowest BCUT2D eigenvalue weighted by molar-refractivity contribution is -0.139. The van der Waals surface area contributed by atoms with Gasteiger partial charge in [0.05, 0.1) is 29.6 Å². The lowest BCUT2D eigenvalue weighted by Gasteiger charge is -2.32.